The summed E-state index contributed by atoms with van der Waals surface area (Å²) in [6.07, 6.45) is -0.317. The van der Waals surface area contributed by atoms with Crippen LogP contribution in [0.1, 0.15) is 40.5 Å². The third-order valence-corrected chi connectivity index (χ3v) is 5.88. The first-order chi connectivity index (χ1) is 15.0. The fraction of sp³-hybridized carbons (Fsp3) is 0.231. The van der Waals surface area contributed by atoms with Gasteiger partial charge in [0.1, 0.15) is 6.61 Å². The third kappa shape index (κ3) is 4.23. The van der Waals surface area contributed by atoms with Crippen LogP contribution in [0, 0.1) is 6.92 Å². The molecule has 1 unspecified atom stereocenters. The SMILES string of the molecule is Cc1ccc(C(C(=O)OCC2c3ccccc3-c3ccccc32)[C@@H](N)CC(=O)O)cc1. The van der Waals surface area contributed by atoms with Crippen LogP contribution in [0.4, 0.5) is 0 Å². The van der Waals surface area contributed by atoms with E-state index >= 15 is 0 Å². The number of carboxylic acids is 1. The van der Waals surface area contributed by atoms with Crippen molar-refractivity contribution in [3.63, 3.8) is 0 Å². The number of benzene rings is 3. The molecule has 0 saturated heterocycles. The molecule has 3 aromatic carbocycles. The first-order valence-corrected chi connectivity index (χ1v) is 10.3. The highest BCUT2D eigenvalue weighted by atomic mass is 16.5. The number of aryl methyl sites for hydroxylation is 1. The Morgan fingerprint density at radius 3 is 2.03 bits per heavy atom. The lowest BCUT2D eigenvalue weighted by Crippen LogP contribution is -2.37. The number of carbonyl (C=O) groups excluding carboxylic acids is 1. The number of carbonyl (C=O) groups is 2. The van der Waals surface area contributed by atoms with Crippen molar-refractivity contribution < 1.29 is 19.4 Å². The summed E-state index contributed by atoms with van der Waals surface area (Å²) in [6.45, 7) is 2.12. The Bertz CT molecular complexity index is 1060. The minimum atomic E-state index is -1.05. The van der Waals surface area contributed by atoms with Crippen LogP contribution < -0.4 is 5.73 Å². The molecule has 0 aliphatic heterocycles. The summed E-state index contributed by atoms with van der Waals surface area (Å²) in [7, 11) is 0. The molecule has 2 atom stereocenters. The second kappa shape index (κ2) is 8.74. The highest BCUT2D eigenvalue weighted by molar-refractivity contribution is 5.82. The summed E-state index contributed by atoms with van der Waals surface area (Å²) in [5.41, 5.74) is 12.4. The smallest absolute Gasteiger partial charge is 0.315 e. The van der Waals surface area contributed by atoms with E-state index in [0.29, 0.717) is 5.56 Å². The van der Waals surface area contributed by atoms with Gasteiger partial charge in [0.15, 0.2) is 0 Å². The van der Waals surface area contributed by atoms with E-state index in [0.717, 1.165) is 27.8 Å². The van der Waals surface area contributed by atoms with Gasteiger partial charge in [-0.1, -0.05) is 78.4 Å². The van der Waals surface area contributed by atoms with Crippen molar-refractivity contribution in [1.82, 2.24) is 0 Å². The maximum Gasteiger partial charge on any atom is 0.315 e. The lowest BCUT2D eigenvalue weighted by molar-refractivity contribution is -0.146. The van der Waals surface area contributed by atoms with E-state index in [1.165, 1.54) is 0 Å². The highest BCUT2D eigenvalue weighted by Gasteiger charge is 2.33. The van der Waals surface area contributed by atoms with Gasteiger partial charge in [-0.25, -0.2) is 0 Å². The molecule has 0 amide bonds. The molecule has 1 aliphatic rings. The van der Waals surface area contributed by atoms with Crippen molar-refractivity contribution in [2.45, 2.75) is 31.2 Å². The number of fused-ring (bicyclic) bond motifs is 3. The van der Waals surface area contributed by atoms with E-state index in [4.69, 9.17) is 10.5 Å². The molecule has 3 aromatic rings. The third-order valence-electron chi connectivity index (χ3n) is 5.88. The van der Waals surface area contributed by atoms with Gasteiger partial charge in [-0.2, -0.15) is 0 Å². The summed E-state index contributed by atoms with van der Waals surface area (Å²) in [5.74, 6) is -2.45. The van der Waals surface area contributed by atoms with Gasteiger partial charge in [-0.3, -0.25) is 9.59 Å². The van der Waals surface area contributed by atoms with Crippen LogP contribution in [-0.4, -0.2) is 29.7 Å². The van der Waals surface area contributed by atoms with Crippen molar-refractivity contribution in [2.24, 2.45) is 5.73 Å². The standard InChI is InChI=1S/C26H25NO4/c1-16-10-12-17(13-11-16)25(23(27)14-24(28)29)26(30)31-15-22-20-8-4-2-6-18(20)19-7-3-5-9-21(19)22/h2-13,22-23,25H,14-15,27H2,1H3,(H,28,29)/t23-,25?/m0/s1. The van der Waals surface area contributed by atoms with Gasteiger partial charge in [-0.15, -0.1) is 0 Å². The van der Waals surface area contributed by atoms with Gasteiger partial charge < -0.3 is 15.6 Å². The largest absolute Gasteiger partial charge is 0.481 e. The zero-order chi connectivity index (χ0) is 22.0. The van der Waals surface area contributed by atoms with E-state index < -0.39 is 23.9 Å². The Hall–Kier alpha value is -3.44. The number of carboxylic acid groups (broad SMARTS) is 1. The molecule has 31 heavy (non-hydrogen) atoms. The second-order valence-electron chi connectivity index (χ2n) is 8.01. The lowest BCUT2D eigenvalue weighted by Gasteiger charge is -2.23. The van der Waals surface area contributed by atoms with E-state index in [-0.39, 0.29) is 18.9 Å². The van der Waals surface area contributed by atoms with E-state index in [1.807, 2.05) is 55.5 Å². The number of ether oxygens (including phenoxy) is 1. The Morgan fingerprint density at radius 2 is 1.48 bits per heavy atom. The molecule has 0 fully saturated rings. The van der Waals surface area contributed by atoms with Crippen LogP contribution in [0.2, 0.25) is 0 Å². The van der Waals surface area contributed by atoms with Gasteiger partial charge in [0.05, 0.1) is 12.3 Å². The normalized spacial score (nSPS) is 14.4. The van der Waals surface area contributed by atoms with Crippen LogP contribution >= 0.6 is 0 Å². The van der Waals surface area contributed by atoms with Crippen LogP contribution in [0.5, 0.6) is 0 Å². The molecular weight excluding hydrogens is 390 g/mol. The zero-order valence-electron chi connectivity index (χ0n) is 17.3. The van der Waals surface area contributed by atoms with Crippen LogP contribution in [0.25, 0.3) is 11.1 Å². The predicted octanol–water partition coefficient (Wildman–Crippen LogP) is 4.24. The molecule has 0 aromatic heterocycles. The fourth-order valence-electron chi connectivity index (χ4n) is 4.35. The first kappa shape index (κ1) is 20.8. The minimum absolute atomic E-state index is 0.0642. The van der Waals surface area contributed by atoms with Crippen molar-refractivity contribution in [2.75, 3.05) is 6.61 Å². The van der Waals surface area contributed by atoms with Gasteiger partial charge in [0.25, 0.3) is 0 Å². The van der Waals surface area contributed by atoms with E-state index in [1.54, 1.807) is 0 Å². The molecule has 0 heterocycles. The molecule has 0 radical (unpaired) electrons. The highest BCUT2D eigenvalue weighted by Crippen LogP contribution is 2.44. The molecule has 0 saturated carbocycles. The van der Waals surface area contributed by atoms with E-state index in [2.05, 4.69) is 24.3 Å². The lowest BCUT2D eigenvalue weighted by atomic mass is 9.89. The van der Waals surface area contributed by atoms with Crippen LogP contribution in [0.3, 0.4) is 0 Å². The Kier molecular flexibility index (Phi) is 5.87. The van der Waals surface area contributed by atoms with Gasteiger partial charge in [0, 0.05) is 12.0 Å². The van der Waals surface area contributed by atoms with Gasteiger partial charge >= 0.3 is 11.9 Å². The maximum absolute atomic E-state index is 13.1. The molecule has 4 rings (SSSR count). The van der Waals surface area contributed by atoms with Crippen LogP contribution in [-0.2, 0) is 14.3 Å². The number of nitrogens with two attached hydrogens (primary N) is 1. The summed E-state index contributed by atoms with van der Waals surface area (Å²) >= 11 is 0. The van der Waals surface area contributed by atoms with Crippen molar-refractivity contribution in [3.05, 3.63) is 95.1 Å². The number of esters is 1. The van der Waals surface area contributed by atoms with Crippen molar-refractivity contribution >= 4 is 11.9 Å². The Morgan fingerprint density at radius 1 is 0.935 bits per heavy atom. The molecule has 3 N–H and O–H groups in total. The average Bonchev–Trinajstić information content (AvgIpc) is 3.07. The molecule has 1 aliphatic carbocycles. The Balaban J connectivity index is 1.58. The first-order valence-electron chi connectivity index (χ1n) is 10.3. The number of rotatable bonds is 7. The summed E-state index contributed by atoms with van der Waals surface area (Å²) < 4.78 is 5.78. The summed E-state index contributed by atoms with van der Waals surface area (Å²) in [4.78, 5) is 24.4. The van der Waals surface area contributed by atoms with Crippen molar-refractivity contribution in [1.29, 1.82) is 0 Å². The Labute approximate surface area is 181 Å². The number of aliphatic carboxylic acids is 1. The van der Waals surface area contributed by atoms with Gasteiger partial charge in [-0.05, 0) is 34.7 Å². The summed E-state index contributed by atoms with van der Waals surface area (Å²) in [6, 6.07) is 22.7. The predicted molar refractivity (Wildman–Crippen MR) is 119 cm³/mol. The molecule has 158 valence electrons. The minimum Gasteiger partial charge on any atom is -0.481 e. The zero-order valence-corrected chi connectivity index (χ0v) is 17.3. The topological polar surface area (TPSA) is 89.6 Å². The number of hydrogen-bond acceptors (Lipinski definition) is 4. The number of hydrogen-bond donors (Lipinski definition) is 2. The monoisotopic (exact) mass is 415 g/mol. The molecule has 5 heteroatoms. The van der Waals surface area contributed by atoms with E-state index in [9.17, 15) is 14.7 Å². The van der Waals surface area contributed by atoms with Gasteiger partial charge in [0.2, 0.25) is 0 Å². The average molecular weight is 415 g/mol. The second-order valence-corrected chi connectivity index (χ2v) is 8.01. The molecule has 0 spiro atoms. The molecule has 5 nitrogen and oxygen atoms in total. The van der Waals surface area contributed by atoms with Crippen LogP contribution in [0.15, 0.2) is 72.8 Å². The fourth-order valence-corrected chi connectivity index (χ4v) is 4.35. The molecular formula is C26H25NO4. The van der Waals surface area contributed by atoms with Crippen molar-refractivity contribution in [3.8, 4) is 11.1 Å². The molecule has 0 bridgehead atoms. The quantitative estimate of drug-likeness (QED) is 0.564. The summed E-state index contributed by atoms with van der Waals surface area (Å²) in [5, 5.41) is 9.19. The maximum atomic E-state index is 13.1.